The third-order valence-electron chi connectivity index (χ3n) is 0.680. The molecule has 0 radical (unpaired) electrons. The molecule has 0 aromatic carbocycles. The smallest absolute Gasteiger partial charge is 0.313 e. The standard InChI is InChI=1S/C5H11NO2S/c1-2-6-4-9-3-5(7)8/h6H,2-4H2,1H3,(H,7,8). The molecular formula is C5H11NO2S. The van der Waals surface area contributed by atoms with Gasteiger partial charge in [0.2, 0.25) is 0 Å². The highest BCUT2D eigenvalue weighted by atomic mass is 32.2. The highest BCUT2D eigenvalue weighted by molar-refractivity contribution is 7.99. The van der Waals surface area contributed by atoms with Gasteiger partial charge in [0.1, 0.15) is 0 Å². The number of hydrogen-bond donors (Lipinski definition) is 2. The molecule has 0 unspecified atom stereocenters. The minimum atomic E-state index is -0.752. The average molecular weight is 149 g/mol. The lowest BCUT2D eigenvalue weighted by molar-refractivity contribution is -0.133. The molecule has 0 heterocycles. The Kier molecular flexibility index (Phi) is 5.76. The average Bonchev–Trinajstić information content (AvgIpc) is 1.80. The van der Waals surface area contributed by atoms with E-state index in [0.717, 1.165) is 12.4 Å². The summed E-state index contributed by atoms with van der Waals surface area (Å²) in [6.45, 7) is 2.88. The second kappa shape index (κ2) is 5.91. The topological polar surface area (TPSA) is 49.3 Å². The van der Waals surface area contributed by atoms with Crippen molar-refractivity contribution >= 4 is 17.7 Å². The number of carbonyl (C=O) groups is 1. The van der Waals surface area contributed by atoms with Crippen LogP contribution in [0.15, 0.2) is 0 Å². The normalized spacial score (nSPS) is 9.44. The Labute approximate surface area is 58.8 Å². The lowest BCUT2D eigenvalue weighted by atomic mass is 10.8. The van der Waals surface area contributed by atoms with E-state index in [-0.39, 0.29) is 5.75 Å². The van der Waals surface area contributed by atoms with E-state index in [1.54, 1.807) is 0 Å². The summed E-state index contributed by atoms with van der Waals surface area (Å²) in [5, 5.41) is 11.2. The molecule has 0 saturated carbocycles. The van der Waals surface area contributed by atoms with Crippen LogP contribution in [0.4, 0.5) is 0 Å². The molecule has 0 saturated heterocycles. The van der Waals surface area contributed by atoms with Crippen LogP contribution >= 0.6 is 11.8 Å². The number of thioether (sulfide) groups is 1. The lowest BCUT2D eigenvalue weighted by Gasteiger charge is -1.96. The van der Waals surface area contributed by atoms with Crippen molar-refractivity contribution in [3.63, 3.8) is 0 Å². The fraction of sp³-hybridized carbons (Fsp3) is 0.800. The summed E-state index contributed by atoms with van der Waals surface area (Å²) in [4.78, 5) is 9.91. The number of rotatable bonds is 5. The van der Waals surface area contributed by atoms with Crippen molar-refractivity contribution in [1.29, 1.82) is 0 Å². The van der Waals surface area contributed by atoms with Crippen molar-refractivity contribution in [1.82, 2.24) is 5.32 Å². The summed E-state index contributed by atoms with van der Waals surface area (Å²) in [6.07, 6.45) is 0. The highest BCUT2D eigenvalue weighted by Gasteiger charge is 1.93. The van der Waals surface area contributed by atoms with Gasteiger partial charge in [-0.3, -0.25) is 4.79 Å². The second-order valence-electron chi connectivity index (χ2n) is 1.49. The van der Waals surface area contributed by atoms with Gasteiger partial charge < -0.3 is 10.4 Å². The van der Waals surface area contributed by atoms with Gasteiger partial charge in [0.05, 0.1) is 5.75 Å². The van der Waals surface area contributed by atoms with Gasteiger partial charge in [-0.15, -0.1) is 11.8 Å². The molecule has 0 aromatic heterocycles. The monoisotopic (exact) mass is 149 g/mol. The van der Waals surface area contributed by atoms with E-state index < -0.39 is 5.97 Å². The summed E-state index contributed by atoms with van der Waals surface area (Å²) < 4.78 is 0. The molecule has 0 spiro atoms. The zero-order valence-corrected chi connectivity index (χ0v) is 6.20. The number of hydrogen-bond acceptors (Lipinski definition) is 3. The molecule has 0 rings (SSSR count). The highest BCUT2D eigenvalue weighted by Crippen LogP contribution is 1.94. The van der Waals surface area contributed by atoms with Gasteiger partial charge in [0.25, 0.3) is 0 Å². The van der Waals surface area contributed by atoms with Crippen molar-refractivity contribution < 1.29 is 9.90 Å². The summed E-state index contributed by atoms with van der Waals surface area (Å²) in [5.74, 6) is 0.161. The van der Waals surface area contributed by atoms with Crippen molar-refractivity contribution in [2.24, 2.45) is 0 Å². The second-order valence-corrected chi connectivity index (χ2v) is 2.48. The Morgan fingerprint density at radius 2 is 2.44 bits per heavy atom. The summed E-state index contributed by atoms with van der Waals surface area (Å²) in [6, 6.07) is 0. The van der Waals surface area contributed by atoms with Crippen LogP contribution in [0.2, 0.25) is 0 Å². The summed E-state index contributed by atoms with van der Waals surface area (Å²) in [5.41, 5.74) is 0. The Morgan fingerprint density at radius 1 is 1.78 bits per heavy atom. The first-order valence-electron chi connectivity index (χ1n) is 2.77. The van der Waals surface area contributed by atoms with Crippen LogP contribution in [-0.2, 0) is 4.79 Å². The van der Waals surface area contributed by atoms with Crippen LogP contribution in [0.1, 0.15) is 6.92 Å². The van der Waals surface area contributed by atoms with Crippen LogP contribution in [0.3, 0.4) is 0 Å². The van der Waals surface area contributed by atoms with Crippen molar-refractivity contribution in [2.75, 3.05) is 18.2 Å². The molecule has 9 heavy (non-hydrogen) atoms. The summed E-state index contributed by atoms with van der Waals surface area (Å²) in [7, 11) is 0. The molecule has 3 nitrogen and oxygen atoms in total. The first-order chi connectivity index (χ1) is 4.27. The van der Waals surface area contributed by atoms with E-state index in [4.69, 9.17) is 5.11 Å². The number of aliphatic carboxylic acids is 1. The molecule has 2 N–H and O–H groups in total. The fourth-order valence-corrected chi connectivity index (χ4v) is 0.938. The van der Waals surface area contributed by atoms with Crippen molar-refractivity contribution in [2.45, 2.75) is 6.92 Å². The van der Waals surface area contributed by atoms with Gasteiger partial charge in [-0.05, 0) is 6.54 Å². The maximum atomic E-state index is 9.91. The first-order valence-corrected chi connectivity index (χ1v) is 3.93. The van der Waals surface area contributed by atoms with E-state index in [9.17, 15) is 4.79 Å². The van der Waals surface area contributed by atoms with E-state index >= 15 is 0 Å². The van der Waals surface area contributed by atoms with Gasteiger partial charge in [0, 0.05) is 5.88 Å². The van der Waals surface area contributed by atoms with Crippen molar-refractivity contribution in [3.05, 3.63) is 0 Å². The first kappa shape index (κ1) is 8.78. The maximum absolute atomic E-state index is 9.91. The van der Waals surface area contributed by atoms with E-state index in [1.807, 2.05) is 6.92 Å². The molecule has 0 atom stereocenters. The minimum absolute atomic E-state index is 0.188. The molecule has 0 aromatic rings. The molecule has 0 aliphatic rings. The Balaban J connectivity index is 2.83. The number of nitrogens with one attached hydrogen (secondary N) is 1. The van der Waals surface area contributed by atoms with Gasteiger partial charge >= 0.3 is 5.97 Å². The van der Waals surface area contributed by atoms with Gasteiger partial charge in [-0.1, -0.05) is 6.92 Å². The van der Waals surface area contributed by atoms with Gasteiger partial charge in [-0.2, -0.15) is 0 Å². The van der Waals surface area contributed by atoms with Gasteiger partial charge in [0.15, 0.2) is 0 Å². The molecule has 0 bridgehead atoms. The third-order valence-corrected chi connectivity index (χ3v) is 1.54. The molecule has 0 fully saturated rings. The number of carboxylic acids is 1. The molecule has 0 aliphatic heterocycles. The van der Waals surface area contributed by atoms with Crippen LogP contribution in [0.5, 0.6) is 0 Å². The van der Waals surface area contributed by atoms with Crippen LogP contribution in [0, 0.1) is 0 Å². The Hall–Kier alpha value is -0.220. The van der Waals surface area contributed by atoms with Gasteiger partial charge in [-0.25, -0.2) is 0 Å². The minimum Gasteiger partial charge on any atom is -0.481 e. The molecule has 0 amide bonds. The Morgan fingerprint density at radius 3 is 2.89 bits per heavy atom. The van der Waals surface area contributed by atoms with Crippen LogP contribution < -0.4 is 5.32 Å². The van der Waals surface area contributed by atoms with Crippen LogP contribution in [-0.4, -0.2) is 29.3 Å². The molecule has 0 aliphatic carbocycles. The SMILES string of the molecule is CCNCSCC(=O)O. The Bertz CT molecular complexity index is 87.0. The van der Waals surface area contributed by atoms with E-state index in [1.165, 1.54) is 11.8 Å². The van der Waals surface area contributed by atoms with Crippen molar-refractivity contribution in [3.8, 4) is 0 Å². The molecule has 54 valence electrons. The summed E-state index contributed by atoms with van der Waals surface area (Å²) >= 11 is 1.38. The lowest BCUT2D eigenvalue weighted by Crippen LogP contribution is -2.13. The van der Waals surface area contributed by atoms with E-state index in [0.29, 0.717) is 0 Å². The predicted octanol–water partition coefficient (Wildman–Crippen LogP) is 0.371. The maximum Gasteiger partial charge on any atom is 0.313 e. The zero-order valence-electron chi connectivity index (χ0n) is 5.39. The van der Waals surface area contributed by atoms with E-state index in [2.05, 4.69) is 5.32 Å². The quantitative estimate of drug-likeness (QED) is 0.438. The van der Waals surface area contributed by atoms with Crippen LogP contribution in [0.25, 0.3) is 0 Å². The fourth-order valence-electron chi connectivity index (χ4n) is 0.313. The number of carboxylic acid groups (broad SMARTS) is 1. The molecule has 4 heteroatoms. The largest absolute Gasteiger partial charge is 0.481 e. The predicted molar refractivity (Wildman–Crippen MR) is 38.6 cm³/mol. The third kappa shape index (κ3) is 7.78. The molecular weight excluding hydrogens is 138 g/mol. The zero-order chi connectivity index (χ0) is 7.11.